The van der Waals surface area contributed by atoms with Gasteiger partial charge in [0.2, 0.25) is 0 Å². The number of hydrogen-bond donors (Lipinski definition) is 1. The van der Waals surface area contributed by atoms with Crippen LogP contribution in [-0.2, 0) is 19.3 Å². The molecule has 8 heteroatoms. The van der Waals surface area contributed by atoms with Gasteiger partial charge in [0.15, 0.2) is 11.5 Å². The van der Waals surface area contributed by atoms with E-state index in [-0.39, 0.29) is 30.0 Å². The third-order valence-electron chi connectivity index (χ3n) is 3.12. The van der Waals surface area contributed by atoms with Crippen LogP contribution in [0.15, 0.2) is 22.7 Å². The van der Waals surface area contributed by atoms with Gasteiger partial charge in [-0.3, -0.25) is 0 Å². The number of rotatable bonds is 1. The zero-order valence-electron chi connectivity index (χ0n) is 10.4. The van der Waals surface area contributed by atoms with E-state index in [9.17, 15) is 17.6 Å². The summed E-state index contributed by atoms with van der Waals surface area (Å²) in [5.41, 5.74) is -0.430. The topological polar surface area (TPSA) is 37.8 Å². The Kier molecular flexibility index (Phi) is 3.45. The van der Waals surface area contributed by atoms with Gasteiger partial charge in [0.25, 0.3) is 0 Å². The summed E-state index contributed by atoms with van der Waals surface area (Å²) < 4.78 is 53.1. The van der Waals surface area contributed by atoms with E-state index >= 15 is 0 Å². The lowest BCUT2D eigenvalue weighted by Gasteiger charge is -2.13. The Bertz CT molecular complexity index is 715. The monoisotopic (exact) mass is 361 g/mol. The molecule has 0 saturated heterocycles. The van der Waals surface area contributed by atoms with Crippen molar-refractivity contribution in [3.05, 3.63) is 45.4 Å². The first-order valence-electron chi connectivity index (χ1n) is 5.99. The number of nitrogens with one attached hydrogen (secondary N) is 1. The molecule has 1 aromatic carbocycles. The highest BCUT2D eigenvalue weighted by molar-refractivity contribution is 9.10. The maximum Gasteiger partial charge on any atom is 0.433 e. The van der Waals surface area contributed by atoms with Crippen LogP contribution < -0.4 is 5.32 Å². The molecule has 0 fully saturated rings. The maximum absolute atomic E-state index is 13.3. The molecule has 0 saturated carbocycles. The number of aromatic nitrogens is 2. The second-order valence-corrected chi connectivity index (χ2v) is 5.40. The molecule has 0 spiro atoms. The number of alkyl halides is 3. The number of hydrogen-bond acceptors (Lipinski definition) is 3. The van der Waals surface area contributed by atoms with Crippen molar-refractivity contribution in [2.45, 2.75) is 19.3 Å². The summed E-state index contributed by atoms with van der Waals surface area (Å²) in [4.78, 5) is 7.74. The van der Waals surface area contributed by atoms with E-state index in [0.717, 1.165) is 6.07 Å². The summed E-state index contributed by atoms with van der Waals surface area (Å²) in [5.74, 6) is -0.708. The van der Waals surface area contributed by atoms with E-state index in [4.69, 9.17) is 0 Å². The van der Waals surface area contributed by atoms with E-state index in [0.29, 0.717) is 10.2 Å². The van der Waals surface area contributed by atoms with Crippen molar-refractivity contribution in [1.29, 1.82) is 0 Å². The number of halogens is 5. The Morgan fingerprint density at radius 2 is 1.90 bits per heavy atom. The summed E-state index contributed by atoms with van der Waals surface area (Å²) in [5, 5.41) is 2.82. The highest BCUT2D eigenvalue weighted by Crippen LogP contribution is 2.36. The summed E-state index contributed by atoms with van der Waals surface area (Å²) in [6.07, 6.45) is -4.58. The number of fused-ring (bicyclic) bond motifs is 1. The molecular weight excluding hydrogens is 354 g/mol. The Balaban J connectivity index is 2.23. The zero-order valence-corrected chi connectivity index (χ0v) is 12.0. The Morgan fingerprint density at radius 3 is 2.62 bits per heavy atom. The van der Waals surface area contributed by atoms with Gasteiger partial charge < -0.3 is 5.32 Å². The molecule has 3 nitrogen and oxygen atoms in total. The van der Waals surface area contributed by atoms with Crippen LogP contribution in [0.1, 0.15) is 17.0 Å². The lowest BCUT2D eigenvalue weighted by atomic mass is 10.1. The van der Waals surface area contributed by atoms with Gasteiger partial charge in [0.05, 0.1) is 5.69 Å². The Hall–Kier alpha value is -1.54. The minimum absolute atomic E-state index is 0.0544. The zero-order chi connectivity index (χ0) is 15.2. The van der Waals surface area contributed by atoms with Crippen molar-refractivity contribution in [2.75, 3.05) is 0 Å². The van der Waals surface area contributed by atoms with Crippen molar-refractivity contribution in [3.63, 3.8) is 0 Å². The van der Waals surface area contributed by atoms with Crippen molar-refractivity contribution in [2.24, 2.45) is 0 Å². The van der Waals surface area contributed by atoms with Gasteiger partial charge in [-0.1, -0.05) is 15.9 Å². The van der Waals surface area contributed by atoms with Crippen LogP contribution in [0.3, 0.4) is 0 Å². The van der Waals surface area contributed by atoms with Crippen LogP contribution in [0.25, 0.3) is 11.4 Å². The van der Waals surface area contributed by atoms with Crippen LogP contribution in [0.4, 0.5) is 17.6 Å². The quantitative estimate of drug-likeness (QED) is 0.787. The second-order valence-electron chi connectivity index (χ2n) is 4.55. The van der Waals surface area contributed by atoms with Crippen molar-refractivity contribution >= 4 is 15.9 Å². The molecule has 0 unspecified atom stereocenters. The molecule has 1 aliphatic rings. The average Bonchev–Trinajstić information content (AvgIpc) is 2.87. The molecule has 110 valence electrons. The Labute approximate surface area is 125 Å². The van der Waals surface area contributed by atoms with E-state index in [2.05, 4.69) is 31.2 Å². The summed E-state index contributed by atoms with van der Waals surface area (Å²) in [6.45, 7) is 0.315. The first-order chi connectivity index (χ1) is 9.86. The average molecular weight is 362 g/mol. The molecule has 1 aliphatic heterocycles. The van der Waals surface area contributed by atoms with Gasteiger partial charge >= 0.3 is 6.18 Å². The van der Waals surface area contributed by atoms with Crippen LogP contribution in [0.2, 0.25) is 0 Å². The number of benzene rings is 1. The van der Waals surface area contributed by atoms with Crippen LogP contribution in [-0.4, -0.2) is 9.97 Å². The molecule has 2 heterocycles. The molecule has 1 aromatic heterocycles. The van der Waals surface area contributed by atoms with Crippen LogP contribution in [0, 0.1) is 5.82 Å². The van der Waals surface area contributed by atoms with Gasteiger partial charge in [-0.05, 0) is 18.2 Å². The second kappa shape index (κ2) is 5.03. The fraction of sp³-hybridized carbons (Fsp3) is 0.231. The molecule has 0 bridgehead atoms. The highest BCUT2D eigenvalue weighted by Gasteiger charge is 2.38. The fourth-order valence-corrected chi connectivity index (χ4v) is 2.62. The molecule has 21 heavy (non-hydrogen) atoms. The normalized spacial score (nSPS) is 14.3. The summed E-state index contributed by atoms with van der Waals surface area (Å²) in [6, 6.07) is 3.72. The molecule has 0 radical (unpaired) electrons. The molecule has 0 amide bonds. The van der Waals surface area contributed by atoms with Gasteiger partial charge in [-0.25, -0.2) is 14.4 Å². The fourth-order valence-electron chi connectivity index (χ4n) is 2.19. The first kappa shape index (κ1) is 14.4. The van der Waals surface area contributed by atoms with E-state index in [1.165, 1.54) is 12.1 Å². The van der Waals surface area contributed by atoms with Crippen LogP contribution >= 0.6 is 15.9 Å². The molecule has 3 rings (SSSR count). The number of nitrogens with zero attached hydrogens (tertiary/aromatic N) is 2. The Morgan fingerprint density at radius 1 is 1.14 bits per heavy atom. The molecule has 2 aromatic rings. The van der Waals surface area contributed by atoms with Crippen molar-refractivity contribution in [1.82, 2.24) is 15.3 Å². The van der Waals surface area contributed by atoms with Gasteiger partial charge in [0, 0.05) is 28.7 Å². The van der Waals surface area contributed by atoms with Gasteiger partial charge in [-0.2, -0.15) is 13.2 Å². The third kappa shape index (κ3) is 2.65. The molecule has 0 aliphatic carbocycles. The minimum atomic E-state index is -4.58. The van der Waals surface area contributed by atoms with Gasteiger partial charge in [0.1, 0.15) is 5.82 Å². The maximum atomic E-state index is 13.3. The van der Waals surface area contributed by atoms with Crippen LogP contribution in [0.5, 0.6) is 0 Å². The van der Waals surface area contributed by atoms with Gasteiger partial charge in [-0.15, -0.1) is 0 Å². The standard InChI is InChI=1S/C13H8BrF4N3/c14-9-2-1-6(15)3-7(9)12-20-10-5-19-4-8(10)11(21-12)13(16,17)18/h1-3,19H,4-5H2. The van der Waals surface area contributed by atoms with E-state index < -0.39 is 17.7 Å². The van der Waals surface area contributed by atoms with E-state index in [1.807, 2.05) is 0 Å². The summed E-state index contributed by atoms with van der Waals surface area (Å²) >= 11 is 3.18. The SMILES string of the molecule is Fc1ccc(Br)c(-c2nc3c(c(C(F)(F)F)n2)CNC3)c1. The molecular formula is C13H8BrF4N3. The lowest BCUT2D eigenvalue weighted by Crippen LogP contribution is -2.14. The van der Waals surface area contributed by atoms with Crippen molar-refractivity contribution < 1.29 is 17.6 Å². The minimum Gasteiger partial charge on any atom is -0.307 e. The molecule has 1 N–H and O–H groups in total. The largest absolute Gasteiger partial charge is 0.433 e. The third-order valence-corrected chi connectivity index (χ3v) is 3.82. The first-order valence-corrected chi connectivity index (χ1v) is 6.78. The smallest absolute Gasteiger partial charge is 0.307 e. The predicted molar refractivity (Wildman–Crippen MR) is 70.7 cm³/mol. The van der Waals surface area contributed by atoms with E-state index in [1.54, 1.807) is 0 Å². The lowest BCUT2D eigenvalue weighted by molar-refractivity contribution is -0.141. The predicted octanol–water partition coefficient (Wildman–Crippen LogP) is 3.67. The highest BCUT2D eigenvalue weighted by atomic mass is 79.9. The van der Waals surface area contributed by atoms with Crippen molar-refractivity contribution in [3.8, 4) is 11.4 Å². The summed E-state index contributed by atoms with van der Waals surface area (Å²) in [7, 11) is 0. The molecule has 0 atom stereocenters.